The molecule has 88 valence electrons. The van der Waals surface area contributed by atoms with E-state index >= 15 is 0 Å². The highest BCUT2D eigenvalue weighted by Crippen LogP contribution is 2.29. The Morgan fingerprint density at radius 1 is 1.31 bits per heavy atom. The molecule has 0 bridgehead atoms. The van der Waals surface area contributed by atoms with Crippen LogP contribution < -0.4 is 5.32 Å². The molecular weight excluding hydrogens is 245 g/mol. The fraction of sp³-hybridized carbons (Fsp3) is 0.417. The highest BCUT2D eigenvalue weighted by Gasteiger charge is 2.20. The van der Waals surface area contributed by atoms with Crippen LogP contribution in [0.3, 0.4) is 0 Å². The summed E-state index contributed by atoms with van der Waals surface area (Å²) in [6.45, 7) is 5.25. The van der Waals surface area contributed by atoms with Crippen LogP contribution in [-0.4, -0.2) is 19.4 Å². The number of aldehydes is 1. The standard InChI is InChI=1S/C12H15Cl2NO/c1-12(2,8-15-5-6-16)9-3-4-10(13)11(14)7-9/h3-4,6-7,15H,5,8H2,1-2H3. The Morgan fingerprint density at radius 3 is 2.56 bits per heavy atom. The van der Waals surface area contributed by atoms with E-state index in [2.05, 4.69) is 19.2 Å². The van der Waals surface area contributed by atoms with Crippen molar-refractivity contribution in [3.63, 3.8) is 0 Å². The number of halogens is 2. The van der Waals surface area contributed by atoms with E-state index in [1.807, 2.05) is 12.1 Å². The zero-order valence-electron chi connectivity index (χ0n) is 9.39. The second kappa shape index (κ2) is 5.67. The van der Waals surface area contributed by atoms with E-state index in [1.54, 1.807) is 6.07 Å². The molecule has 0 spiro atoms. The minimum Gasteiger partial charge on any atom is -0.309 e. The monoisotopic (exact) mass is 259 g/mol. The van der Waals surface area contributed by atoms with Crippen molar-refractivity contribution in [2.75, 3.05) is 13.1 Å². The fourth-order valence-electron chi connectivity index (χ4n) is 1.46. The third-order valence-electron chi connectivity index (χ3n) is 2.50. The summed E-state index contributed by atoms with van der Waals surface area (Å²) in [5.41, 5.74) is 1.01. The Bertz CT molecular complexity index is 377. The summed E-state index contributed by atoms with van der Waals surface area (Å²) in [6, 6.07) is 5.62. The van der Waals surface area contributed by atoms with Crippen molar-refractivity contribution in [2.24, 2.45) is 0 Å². The SMILES string of the molecule is CC(C)(CNCC=O)c1ccc(Cl)c(Cl)c1. The van der Waals surface area contributed by atoms with Gasteiger partial charge >= 0.3 is 0 Å². The van der Waals surface area contributed by atoms with Gasteiger partial charge in [-0.15, -0.1) is 0 Å². The van der Waals surface area contributed by atoms with Gasteiger partial charge in [-0.2, -0.15) is 0 Å². The summed E-state index contributed by atoms with van der Waals surface area (Å²) < 4.78 is 0. The molecule has 0 atom stereocenters. The summed E-state index contributed by atoms with van der Waals surface area (Å²) >= 11 is 11.8. The van der Waals surface area contributed by atoms with Gasteiger partial charge in [0.2, 0.25) is 0 Å². The lowest BCUT2D eigenvalue weighted by Crippen LogP contribution is -2.33. The van der Waals surface area contributed by atoms with Gasteiger partial charge in [0.25, 0.3) is 0 Å². The first-order valence-corrected chi connectivity index (χ1v) is 5.83. The van der Waals surface area contributed by atoms with Crippen molar-refractivity contribution in [1.29, 1.82) is 0 Å². The van der Waals surface area contributed by atoms with Gasteiger partial charge in [0, 0.05) is 12.0 Å². The van der Waals surface area contributed by atoms with Crippen LogP contribution in [0, 0.1) is 0 Å². The first-order valence-electron chi connectivity index (χ1n) is 5.07. The molecule has 2 nitrogen and oxygen atoms in total. The van der Waals surface area contributed by atoms with Crippen LogP contribution in [0.1, 0.15) is 19.4 Å². The summed E-state index contributed by atoms with van der Waals surface area (Å²) in [5, 5.41) is 4.18. The molecule has 0 fully saturated rings. The number of nitrogens with one attached hydrogen (secondary N) is 1. The molecule has 1 N–H and O–H groups in total. The summed E-state index contributed by atoms with van der Waals surface area (Å²) in [4.78, 5) is 10.2. The summed E-state index contributed by atoms with van der Waals surface area (Å²) in [6.07, 6.45) is 0.852. The fourth-order valence-corrected chi connectivity index (χ4v) is 1.76. The lowest BCUT2D eigenvalue weighted by Gasteiger charge is -2.25. The van der Waals surface area contributed by atoms with E-state index < -0.39 is 0 Å². The van der Waals surface area contributed by atoms with Crippen LogP contribution in [0.2, 0.25) is 10.0 Å². The molecule has 0 aliphatic rings. The average molecular weight is 260 g/mol. The Labute approximate surface area is 106 Å². The van der Waals surface area contributed by atoms with Crippen molar-refractivity contribution in [3.8, 4) is 0 Å². The predicted molar refractivity (Wildman–Crippen MR) is 68.4 cm³/mol. The normalized spacial score (nSPS) is 11.5. The highest BCUT2D eigenvalue weighted by atomic mass is 35.5. The lowest BCUT2D eigenvalue weighted by molar-refractivity contribution is -0.107. The molecule has 16 heavy (non-hydrogen) atoms. The molecular formula is C12H15Cl2NO. The van der Waals surface area contributed by atoms with Crippen molar-refractivity contribution in [1.82, 2.24) is 5.32 Å². The molecule has 0 aliphatic carbocycles. The molecule has 1 rings (SSSR count). The Morgan fingerprint density at radius 2 is 2.00 bits per heavy atom. The van der Waals surface area contributed by atoms with Crippen LogP contribution in [0.15, 0.2) is 18.2 Å². The maximum atomic E-state index is 10.2. The molecule has 0 aliphatic heterocycles. The van der Waals surface area contributed by atoms with Crippen LogP contribution >= 0.6 is 23.2 Å². The van der Waals surface area contributed by atoms with Crippen LogP contribution in [0.5, 0.6) is 0 Å². The molecule has 0 aromatic heterocycles. The first kappa shape index (κ1) is 13.5. The van der Waals surface area contributed by atoms with Crippen molar-refractivity contribution in [3.05, 3.63) is 33.8 Å². The van der Waals surface area contributed by atoms with E-state index in [4.69, 9.17) is 23.2 Å². The van der Waals surface area contributed by atoms with Crippen molar-refractivity contribution >= 4 is 29.5 Å². The number of hydrogen-bond acceptors (Lipinski definition) is 2. The molecule has 0 radical (unpaired) electrons. The number of carbonyl (C=O) groups is 1. The van der Waals surface area contributed by atoms with Gasteiger partial charge in [-0.3, -0.25) is 0 Å². The van der Waals surface area contributed by atoms with Crippen molar-refractivity contribution in [2.45, 2.75) is 19.3 Å². The van der Waals surface area contributed by atoms with E-state index in [0.29, 0.717) is 23.1 Å². The predicted octanol–water partition coefficient (Wildman–Crippen LogP) is 3.06. The van der Waals surface area contributed by atoms with Gasteiger partial charge in [-0.05, 0) is 17.7 Å². The van der Waals surface area contributed by atoms with Gasteiger partial charge in [-0.1, -0.05) is 43.1 Å². The molecule has 0 amide bonds. The minimum absolute atomic E-state index is 0.0861. The number of rotatable bonds is 5. The average Bonchev–Trinajstić information content (AvgIpc) is 2.22. The summed E-state index contributed by atoms with van der Waals surface area (Å²) in [7, 11) is 0. The largest absolute Gasteiger partial charge is 0.309 e. The van der Waals surface area contributed by atoms with Gasteiger partial charge in [0.15, 0.2) is 0 Å². The first-order chi connectivity index (χ1) is 7.47. The smallest absolute Gasteiger partial charge is 0.133 e. The molecule has 0 heterocycles. The van der Waals surface area contributed by atoms with Crippen LogP contribution in [-0.2, 0) is 10.2 Å². The molecule has 0 saturated carbocycles. The van der Waals surface area contributed by atoms with Gasteiger partial charge in [0.1, 0.15) is 6.29 Å². The molecule has 1 aromatic carbocycles. The van der Waals surface area contributed by atoms with E-state index in [-0.39, 0.29) is 5.41 Å². The Hall–Kier alpha value is -0.570. The third kappa shape index (κ3) is 3.48. The molecule has 0 unspecified atom stereocenters. The van der Waals surface area contributed by atoms with Crippen LogP contribution in [0.4, 0.5) is 0 Å². The number of carbonyl (C=O) groups excluding carboxylic acids is 1. The quantitative estimate of drug-likeness (QED) is 0.651. The van der Waals surface area contributed by atoms with Gasteiger partial charge < -0.3 is 10.1 Å². The molecule has 0 saturated heterocycles. The molecule has 1 aromatic rings. The van der Waals surface area contributed by atoms with Crippen molar-refractivity contribution < 1.29 is 4.79 Å². The minimum atomic E-state index is -0.0861. The topological polar surface area (TPSA) is 29.1 Å². The number of hydrogen-bond donors (Lipinski definition) is 1. The Balaban J connectivity index is 2.80. The maximum Gasteiger partial charge on any atom is 0.133 e. The van der Waals surface area contributed by atoms with Gasteiger partial charge in [-0.25, -0.2) is 0 Å². The second-order valence-electron chi connectivity index (χ2n) is 4.31. The van der Waals surface area contributed by atoms with E-state index in [9.17, 15) is 4.79 Å². The zero-order chi connectivity index (χ0) is 12.2. The zero-order valence-corrected chi connectivity index (χ0v) is 10.9. The van der Waals surface area contributed by atoms with Crippen LogP contribution in [0.25, 0.3) is 0 Å². The maximum absolute atomic E-state index is 10.2. The van der Waals surface area contributed by atoms with E-state index in [0.717, 1.165) is 11.8 Å². The summed E-state index contributed by atoms with van der Waals surface area (Å²) in [5.74, 6) is 0. The second-order valence-corrected chi connectivity index (χ2v) is 5.12. The highest BCUT2D eigenvalue weighted by molar-refractivity contribution is 6.42. The van der Waals surface area contributed by atoms with Gasteiger partial charge in [0.05, 0.1) is 16.6 Å². The lowest BCUT2D eigenvalue weighted by atomic mass is 9.84. The Kier molecular flexibility index (Phi) is 4.78. The third-order valence-corrected chi connectivity index (χ3v) is 3.23. The van der Waals surface area contributed by atoms with E-state index in [1.165, 1.54) is 0 Å². The molecule has 4 heteroatoms. The number of benzene rings is 1.